The molecule has 3 heterocycles. The molecule has 0 bridgehead atoms. The van der Waals surface area contributed by atoms with E-state index in [1.165, 1.54) is 16.9 Å². The lowest BCUT2D eigenvalue weighted by Crippen LogP contribution is -2.47. The Labute approximate surface area is 181 Å². The van der Waals surface area contributed by atoms with Gasteiger partial charge >= 0.3 is 0 Å². The van der Waals surface area contributed by atoms with Gasteiger partial charge in [-0.2, -0.15) is 0 Å². The summed E-state index contributed by atoms with van der Waals surface area (Å²) in [5.74, 6) is 2.01. The predicted molar refractivity (Wildman–Crippen MR) is 123 cm³/mol. The molecule has 0 fully saturated rings. The van der Waals surface area contributed by atoms with Crippen molar-refractivity contribution in [3.05, 3.63) is 35.0 Å². The number of amides is 1. The van der Waals surface area contributed by atoms with Gasteiger partial charge in [-0.15, -0.1) is 11.3 Å². The van der Waals surface area contributed by atoms with Crippen molar-refractivity contribution in [3.63, 3.8) is 0 Å². The molecule has 0 spiro atoms. The molecular formula is C23H29N5OS. The Hall–Kier alpha value is -2.54. The lowest BCUT2D eigenvalue weighted by atomic mass is 9.89. The fourth-order valence-corrected chi connectivity index (χ4v) is 5.20. The number of fused-ring (bicyclic) bond motifs is 3. The smallest absolute Gasteiger partial charge is 0.242 e. The maximum Gasteiger partial charge on any atom is 0.242 e. The Kier molecular flexibility index (Phi) is 5.49. The zero-order chi connectivity index (χ0) is 21.5. The summed E-state index contributed by atoms with van der Waals surface area (Å²) in [6, 6.07) is 3.43. The molecule has 0 aromatic carbocycles. The molecule has 3 aromatic rings. The second-order valence-electron chi connectivity index (χ2n) is 9.27. The molecular weight excluding hydrogens is 394 g/mol. The summed E-state index contributed by atoms with van der Waals surface area (Å²) in [7, 11) is 0. The van der Waals surface area contributed by atoms with Crippen LogP contribution >= 0.6 is 11.3 Å². The van der Waals surface area contributed by atoms with E-state index in [1.807, 2.05) is 39.8 Å². The van der Waals surface area contributed by atoms with Crippen LogP contribution in [0.1, 0.15) is 51.5 Å². The minimum atomic E-state index is -0.415. The molecule has 2 atom stereocenters. The van der Waals surface area contributed by atoms with Crippen molar-refractivity contribution in [3.8, 4) is 11.4 Å². The zero-order valence-corrected chi connectivity index (χ0v) is 19.1. The quantitative estimate of drug-likeness (QED) is 0.641. The van der Waals surface area contributed by atoms with Crippen molar-refractivity contribution in [2.75, 3.05) is 5.32 Å². The van der Waals surface area contributed by atoms with E-state index in [1.54, 1.807) is 23.7 Å². The first kappa shape index (κ1) is 20.7. The van der Waals surface area contributed by atoms with Crippen LogP contribution in [0.5, 0.6) is 0 Å². The predicted octanol–water partition coefficient (Wildman–Crippen LogP) is 4.59. The van der Waals surface area contributed by atoms with Crippen LogP contribution in [0.15, 0.2) is 24.5 Å². The molecule has 30 heavy (non-hydrogen) atoms. The van der Waals surface area contributed by atoms with E-state index in [2.05, 4.69) is 22.5 Å². The third kappa shape index (κ3) is 4.31. The number of nitrogens with one attached hydrogen (secondary N) is 2. The molecule has 1 aliphatic rings. The minimum Gasteiger partial charge on any atom is -0.358 e. The van der Waals surface area contributed by atoms with E-state index in [-0.39, 0.29) is 11.4 Å². The van der Waals surface area contributed by atoms with Gasteiger partial charge in [-0.1, -0.05) is 6.92 Å². The fraction of sp³-hybridized carbons (Fsp3) is 0.478. The number of hydrogen-bond donors (Lipinski definition) is 2. The second-order valence-corrected chi connectivity index (χ2v) is 10.4. The molecule has 0 saturated carbocycles. The highest BCUT2D eigenvalue weighted by Crippen LogP contribution is 2.41. The van der Waals surface area contributed by atoms with Crippen LogP contribution < -0.4 is 10.6 Å². The van der Waals surface area contributed by atoms with Gasteiger partial charge in [0.1, 0.15) is 16.7 Å². The first-order chi connectivity index (χ1) is 14.2. The normalized spacial score (nSPS) is 17.4. The SMILES string of the molecule is CC1CCc2c(sc3nc(-c4cccnc4)nc(NC(C)C(=O)NC(C)(C)C)c23)C1. The van der Waals surface area contributed by atoms with Gasteiger partial charge in [-0.05, 0) is 70.6 Å². The monoisotopic (exact) mass is 423 g/mol. The first-order valence-electron chi connectivity index (χ1n) is 10.5. The number of rotatable bonds is 4. The first-order valence-corrected chi connectivity index (χ1v) is 11.3. The molecule has 158 valence electrons. The Bertz CT molecular complexity index is 1070. The zero-order valence-electron chi connectivity index (χ0n) is 18.2. The van der Waals surface area contributed by atoms with Crippen molar-refractivity contribution in [1.82, 2.24) is 20.3 Å². The molecule has 6 nitrogen and oxygen atoms in total. The number of hydrogen-bond acceptors (Lipinski definition) is 6. The average molecular weight is 424 g/mol. The Morgan fingerprint density at radius 1 is 1.30 bits per heavy atom. The number of carbonyl (C=O) groups excluding carboxylic acids is 1. The van der Waals surface area contributed by atoms with Crippen LogP contribution in [-0.2, 0) is 17.6 Å². The van der Waals surface area contributed by atoms with Crippen molar-refractivity contribution in [2.45, 2.75) is 65.5 Å². The number of nitrogens with zero attached hydrogens (tertiary/aromatic N) is 3. The van der Waals surface area contributed by atoms with Gasteiger partial charge in [0.15, 0.2) is 5.82 Å². The van der Waals surface area contributed by atoms with E-state index >= 15 is 0 Å². The van der Waals surface area contributed by atoms with Crippen molar-refractivity contribution in [2.24, 2.45) is 5.92 Å². The molecule has 7 heteroatoms. The van der Waals surface area contributed by atoms with E-state index < -0.39 is 6.04 Å². The largest absolute Gasteiger partial charge is 0.358 e. The van der Waals surface area contributed by atoms with Gasteiger partial charge in [0.2, 0.25) is 5.91 Å². The van der Waals surface area contributed by atoms with Crippen LogP contribution in [0.25, 0.3) is 21.6 Å². The van der Waals surface area contributed by atoms with Crippen LogP contribution in [0.2, 0.25) is 0 Å². The Morgan fingerprint density at radius 3 is 2.80 bits per heavy atom. The Morgan fingerprint density at radius 2 is 2.10 bits per heavy atom. The van der Waals surface area contributed by atoms with Gasteiger partial charge in [0.25, 0.3) is 0 Å². The van der Waals surface area contributed by atoms with E-state index in [9.17, 15) is 4.79 Å². The van der Waals surface area contributed by atoms with Gasteiger partial charge in [-0.3, -0.25) is 9.78 Å². The molecule has 3 aromatic heterocycles. The van der Waals surface area contributed by atoms with Crippen LogP contribution in [0.3, 0.4) is 0 Å². The number of pyridine rings is 1. The molecule has 0 aliphatic heterocycles. The lowest BCUT2D eigenvalue weighted by Gasteiger charge is -2.24. The molecule has 1 amide bonds. The molecule has 1 aliphatic carbocycles. The maximum atomic E-state index is 12.7. The summed E-state index contributed by atoms with van der Waals surface area (Å²) >= 11 is 1.76. The summed E-state index contributed by atoms with van der Waals surface area (Å²) < 4.78 is 0. The minimum absolute atomic E-state index is 0.0464. The maximum absolute atomic E-state index is 12.7. The molecule has 0 radical (unpaired) electrons. The summed E-state index contributed by atoms with van der Waals surface area (Å²) in [6.45, 7) is 10.1. The number of anilines is 1. The topological polar surface area (TPSA) is 79.8 Å². The highest BCUT2D eigenvalue weighted by molar-refractivity contribution is 7.19. The van der Waals surface area contributed by atoms with E-state index in [0.717, 1.165) is 34.4 Å². The molecule has 2 N–H and O–H groups in total. The van der Waals surface area contributed by atoms with Gasteiger partial charge in [0, 0.05) is 28.4 Å². The molecule has 0 saturated heterocycles. The third-order valence-corrected chi connectivity index (χ3v) is 6.47. The van der Waals surface area contributed by atoms with Crippen LogP contribution in [0, 0.1) is 5.92 Å². The summed E-state index contributed by atoms with van der Waals surface area (Å²) in [4.78, 5) is 29.0. The highest BCUT2D eigenvalue weighted by atomic mass is 32.1. The van der Waals surface area contributed by atoms with Gasteiger partial charge < -0.3 is 10.6 Å². The molecule has 2 unspecified atom stereocenters. The van der Waals surface area contributed by atoms with Crippen molar-refractivity contribution < 1.29 is 4.79 Å². The standard InChI is InChI=1S/C23H29N5OS/c1-13-8-9-16-17(11-13)30-22-18(16)20(25-14(2)21(29)28-23(3,4)5)26-19(27-22)15-7-6-10-24-12-15/h6-7,10,12-14H,8-9,11H2,1-5H3,(H,28,29)(H,25,26,27). The van der Waals surface area contributed by atoms with E-state index in [4.69, 9.17) is 9.97 Å². The number of aryl methyl sites for hydroxylation is 1. The van der Waals surface area contributed by atoms with E-state index in [0.29, 0.717) is 11.7 Å². The summed E-state index contributed by atoms with van der Waals surface area (Å²) in [5, 5.41) is 7.51. The highest BCUT2D eigenvalue weighted by Gasteiger charge is 2.26. The van der Waals surface area contributed by atoms with Crippen molar-refractivity contribution in [1.29, 1.82) is 0 Å². The molecule has 4 rings (SSSR count). The Balaban J connectivity index is 1.78. The fourth-order valence-electron chi connectivity index (χ4n) is 3.82. The number of aromatic nitrogens is 3. The average Bonchev–Trinajstić information content (AvgIpc) is 3.04. The van der Waals surface area contributed by atoms with Crippen LogP contribution in [0.4, 0.5) is 5.82 Å². The summed E-state index contributed by atoms with van der Waals surface area (Å²) in [5.41, 5.74) is 1.93. The van der Waals surface area contributed by atoms with Crippen molar-refractivity contribution >= 4 is 33.3 Å². The number of thiophene rings is 1. The third-order valence-electron chi connectivity index (χ3n) is 5.32. The van der Waals surface area contributed by atoms with Gasteiger partial charge in [0.05, 0.1) is 5.39 Å². The lowest BCUT2D eigenvalue weighted by molar-refractivity contribution is -0.122. The summed E-state index contributed by atoms with van der Waals surface area (Å²) in [6.07, 6.45) is 6.80. The second kappa shape index (κ2) is 7.95. The van der Waals surface area contributed by atoms with Crippen LogP contribution in [-0.4, -0.2) is 32.4 Å². The van der Waals surface area contributed by atoms with Gasteiger partial charge in [-0.25, -0.2) is 9.97 Å². The number of carbonyl (C=O) groups is 1.